The Morgan fingerprint density at radius 1 is 1.00 bits per heavy atom. The molecule has 2 aromatic carbocycles. The van der Waals surface area contributed by atoms with Gasteiger partial charge in [0.15, 0.2) is 11.5 Å². The molecule has 0 unspecified atom stereocenters. The van der Waals surface area contributed by atoms with Crippen LogP contribution in [0.15, 0.2) is 59.8 Å². The summed E-state index contributed by atoms with van der Waals surface area (Å²) in [6.07, 6.45) is 3.22. The van der Waals surface area contributed by atoms with Crippen molar-refractivity contribution >= 4 is 12.0 Å². The highest BCUT2D eigenvalue weighted by atomic mass is 16.5. The molecule has 0 aromatic heterocycles. The maximum Gasteiger partial charge on any atom is 0.338 e. The summed E-state index contributed by atoms with van der Waals surface area (Å²) >= 11 is 0. The van der Waals surface area contributed by atoms with Crippen molar-refractivity contribution in [2.24, 2.45) is 5.92 Å². The number of carbonyl (C=O) groups is 2. The Bertz CT molecular complexity index is 1080. The van der Waals surface area contributed by atoms with E-state index in [0.717, 1.165) is 32.4 Å². The molecule has 1 saturated heterocycles. The second-order valence-electron chi connectivity index (χ2n) is 8.94. The molecule has 2 amide bonds. The zero-order valence-electron chi connectivity index (χ0n) is 20.5. The predicted molar refractivity (Wildman–Crippen MR) is 132 cm³/mol. The topological polar surface area (TPSA) is 89.1 Å². The molecule has 186 valence electrons. The van der Waals surface area contributed by atoms with E-state index in [1.807, 2.05) is 12.1 Å². The average molecular weight is 480 g/mol. The molecule has 0 bridgehead atoms. The number of amides is 2. The molecule has 35 heavy (non-hydrogen) atoms. The highest BCUT2D eigenvalue weighted by Crippen LogP contribution is 2.35. The van der Waals surface area contributed by atoms with Crippen molar-refractivity contribution in [3.63, 3.8) is 0 Å². The van der Waals surface area contributed by atoms with E-state index in [0.29, 0.717) is 40.8 Å². The summed E-state index contributed by atoms with van der Waals surface area (Å²) in [5.41, 5.74) is 3.04. The standard InChI is InChI=1S/C27H33N3O5/c1-33-22-10-9-20(16-23(22)34-2)25-24(26(31)35-3)21(28-27(32)29-25)17-30-13-11-19(12-14-30)15-18-7-5-4-6-8-18/h4-10,16,19,25H,11-15,17H2,1-3H3,(H2,28,29,32)/t25-/m1/s1. The number of piperidine rings is 1. The van der Waals surface area contributed by atoms with E-state index in [4.69, 9.17) is 14.2 Å². The van der Waals surface area contributed by atoms with Crippen LogP contribution in [0.1, 0.15) is 30.0 Å². The molecule has 2 heterocycles. The lowest BCUT2D eigenvalue weighted by atomic mass is 9.89. The molecule has 0 radical (unpaired) electrons. The number of esters is 1. The Morgan fingerprint density at radius 2 is 1.71 bits per heavy atom. The van der Waals surface area contributed by atoms with E-state index in [1.54, 1.807) is 26.4 Å². The van der Waals surface area contributed by atoms with E-state index in [9.17, 15) is 9.59 Å². The minimum atomic E-state index is -0.665. The van der Waals surface area contributed by atoms with E-state index < -0.39 is 12.0 Å². The van der Waals surface area contributed by atoms with Gasteiger partial charge in [-0.05, 0) is 61.5 Å². The third-order valence-electron chi connectivity index (χ3n) is 6.76. The molecule has 4 rings (SSSR count). The number of benzene rings is 2. The summed E-state index contributed by atoms with van der Waals surface area (Å²) < 4.78 is 15.9. The Balaban J connectivity index is 1.53. The lowest BCUT2D eigenvalue weighted by Crippen LogP contribution is -2.49. The second-order valence-corrected chi connectivity index (χ2v) is 8.94. The summed E-state index contributed by atoms with van der Waals surface area (Å²) in [6, 6.07) is 14.9. The fraction of sp³-hybridized carbons (Fsp3) is 0.407. The van der Waals surface area contributed by atoms with Gasteiger partial charge in [-0.2, -0.15) is 0 Å². The van der Waals surface area contributed by atoms with Gasteiger partial charge in [-0.25, -0.2) is 9.59 Å². The van der Waals surface area contributed by atoms with Gasteiger partial charge in [0, 0.05) is 12.2 Å². The summed E-state index contributed by atoms with van der Waals surface area (Å²) in [5, 5.41) is 5.73. The molecule has 8 nitrogen and oxygen atoms in total. The zero-order chi connectivity index (χ0) is 24.8. The first-order valence-electron chi connectivity index (χ1n) is 11.9. The molecule has 0 saturated carbocycles. The maximum absolute atomic E-state index is 12.9. The van der Waals surface area contributed by atoms with Crippen LogP contribution >= 0.6 is 0 Å². The Labute approximate surface area is 206 Å². The van der Waals surface area contributed by atoms with E-state index in [-0.39, 0.29) is 6.03 Å². The van der Waals surface area contributed by atoms with Crippen LogP contribution in [0.3, 0.4) is 0 Å². The molecule has 2 aliphatic rings. The van der Waals surface area contributed by atoms with Crippen LogP contribution in [-0.4, -0.2) is 57.9 Å². The molecular formula is C27H33N3O5. The van der Waals surface area contributed by atoms with E-state index in [2.05, 4.69) is 39.8 Å². The number of urea groups is 1. The van der Waals surface area contributed by atoms with Gasteiger partial charge in [0.1, 0.15) is 0 Å². The van der Waals surface area contributed by atoms with Crippen LogP contribution in [0.5, 0.6) is 11.5 Å². The number of nitrogens with zero attached hydrogens (tertiary/aromatic N) is 1. The van der Waals surface area contributed by atoms with Crippen LogP contribution in [0.25, 0.3) is 0 Å². The number of methoxy groups -OCH3 is 3. The van der Waals surface area contributed by atoms with Crippen molar-refractivity contribution < 1.29 is 23.8 Å². The van der Waals surface area contributed by atoms with Gasteiger partial charge in [0.25, 0.3) is 0 Å². The fourth-order valence-corrected chi connectivity index (χ4v) is 4.90. The largest absolute Gasteiger partial charge is 0.493 e. The number of ether oxygens (including phenoxy) is 3. The normalized spacial score (nSPS) is 19.1. The molecule has 2 aromatic rings. The van der Waals surface area contributed by atoms with Gasteiger partial charge in [-0.15, -0.1) is 0 Å². The molecular weight excluding hydrogens is 446 g/mol. The number of rotatable bonds is 8. The number of hydrogen-bond acceptors (Lipinski definition) is 6. The SMILES string of the molecule is COC(=O)C1=C(CN2CCC(Cc3ccccc3)CC2)NC(=O)N[C@@H]1c1ccc(OC)c(OC)c1. The third kappa shape index (κ3) is 5.77. The van der Waals surface area contributed by atoms with Crippen LogP contribution < -0.4 is 20.1 Å². The third-order valence-corrected chi connectivity index (χ3v) is 6.76. The molecule has 0 spiro atoms. The molecule has 1 fully saturated rings. The van der Waals surface area contributed by atoms with Crippen molar-refractivity contribution in [3.05, 3.63) is 70.9 Å². The predicted octanol–water partition coefficient (Wildman–Crippen LogP) is 3.44. The average Bonchev–Trinajstić information content (AvgIpc) is 2.89. The maximum atomic E-state index is 12.9. The van der Waals surface area contributed by atoms with Crippen molar-refractivity contribution in [2.45, 2.75) is 25.3 Å². The highest BCUT2D eigenvalue weighted by Gasteiger charge is 2.35. The molecule has 2 aliphatic heterocycles. The van der Waals surface area contributed by atoms with Gasteiger partial charge in [-0.1, -0.05) is 36.4 Å². The van der Waals surface area contributed by atoms with Crippen molar-refractivity contribution in [1.29, 1.82) is 0 Å². The van der Waals surface area contributed by atoms with Gasteiger partial charge < -0.3 is 24.8 Å². The Hall–Kier alpha value is -3.52. The summed E-state index contributed by atoms with van der Waals surface area (Å²) in [7, 11) is 4.46. The van der Waals surface area contributed by atoms with Gasteiger partial charge in [-0.3, -0.25) is 4.90 Å². The van der Waals surface area contributed by atoms with Gasteiger partial charge >= 0.3 is 12.0 Å². The second kappa shape index (κ2) is 11.3. The van der Waals surface area contributed by atoms with Gasteiger partial charge in [0.2, 0.25) is 0 Å². The minimum Gasteiger partial charge on any atom is -0.493 e. The van der Waals surface area contributed by atoms with Crippen LogP contribution in [0, 0.1) is 5.92 Å². The van der Waals surface area contributed by atoms with Crippen LogP contribution in [-0.2, 0) is 16.0 Å². The van der Waals surface area contributed by atoms with Gasteiger partial charge in [0.05, 0.1) is 32.9 Å². The lowest BCUT2D eigenvalue weighted by molar-refractivity contribution is -0.136. The monoisotopic (exact) mass is 479 g/mol. The number of hydrogen-bond donors (Lipinski definition) is 2. The zero-order valence-corrected chi connectivity index (χ0v) is 20.5. The summed E-state index contributed by atoms with van der Waals surface area (Å²) in [5.74, 6) is 1.24. The first-order valence-corrected chi connectivity index (χ1v) is 11.9. The smallest absolute Gasteiger partial charge is 0.338 e. The molecule has 2 N–H and O–H groups in total. The fourth-order valence-electron chi connectivity index (χ4n) is 4.90. The Kier molecular flexibility index (Phi) is 7.92. The quantitative estimate of drug-likeness (QED) is 0.564. The summed E-state index contributed by atoms with van der Waals surface area (Å²) in [6.45, 7) is 2.28. The van der Waals surface area contributed by atoms with Crippen molar-refractivity contribution in [1.82, 2.24) is 15.5 Å². The van der Waals surface area contributed by atoms with E-state index in [1.165, 1.54) is 12.7 Å². The first-order chi connectivity index (χ1) is 17.0. The molecule has 1 atom stereocenters. The Morgan fingerprint density at radius 3 is 2.37 bits per heavy atom. The highest BCUT2D eigenvalue weighted by molar-refractivity contribution is 5.95. The van der Waals surface area contributed by atoms with Crippen molar-refractivity contribution in [3.8, 4) is 11.5 Å². The number of carbonyl (C=O) groups excluding carboxylic acids is 2. The van der Waals surface area contributed by atoms with Crippen LogP contribution in [0.2, 0.25) is 0 Å². The number of nitrogens with one attached hydrogen (secondary N) is 2. The number of likely N-dealkylation sites (tertiary alicyclic amines) is 1. The lowest BCUT2D eigenvalue weighted by Gasteiger charge is -2.35. The molecule has 0 aliphatic carbocycles. The minimum absolute atomic E-state index is 0.355. The molecule has 8 heteroatoms. The first kappa shape index (κ1) is 24.6. The van der Waals surface area contributed by atoms with Crippen LogP contribution in [0.4, 0.5) is 4.79 Å². The van der Waals surface area contributed by atoms with Crippen molar-refractivity contribution in [2.75, 3.05) is 41.0 Å². The summed E-state index contributed by atoms with van der Waals surface area (Å²) in [4.78, 5) is 27.8. The van der Waals surface area contributed by atoms with E-state index >= 15 is 0 Å².